The highest BCUT2D eigenvalue weighted by molar-refractivity contribution is 5.49. The van der Waals surface area contributed by atoms with Crippen LogP contribution in [0.15, 0.2) is 18.2 Å². The highest BCUT2D eigenvalue weighted by Crippen LogP contribution is 2.27. The quantitative estimate of drug-likeness (QED) is 0.834. The molecular formula is C17H25FN2. The molecule has 20 heavy (non-hydrogen) atoms. The molecule has 2 nitrogen and oxygen atoms in total. The van der Waals surface area contributed by atoms with Gasteiger partial charge in [-0.2, -0.15) is 0 Å². The molecule has 1 aromatic rings. The minimum absolute atomic E-state index is 0.0568. The maximum atomic E-state index is 14.2. The van der Waals surface area contributed by atoms with Crippen LogP contribution in [0.1, 0.15) is 38.2 Å². The third kappa shape index (κ3) is 2.83. The Balaban J connectivity index is 1.62. The van der Waals surface area contributed by atoms with E-state index < -0.39 is 0 Å². The summed E-state index contributed by atoms with van der Waals surface area (Å²) in [5, 5.41) is 0. The number of aryl methyl sites for hydroxylation is 1. The molecule has 0 aromatic heterocycles. The molecule has 0 spiro atoms. The van der Waals surface area contributed by atoms with Crippen molar-refractivity contribution in [3.8, 4) is 0 Å². The maximum absolute atomic E-state index is 14.2. The van der Waals surface area contributed by atoms with Gasteiger partial charge in [0.25, 0.3) is 0 Å². The number of halogens is 1. The van der Waals surface area contributed by atoms with Crippen molar-refractivity contribution in [1.82, 2.24) is 4.90 Å². The van der Waals surface area contributed by atoms with Gasteiger partial charge in [0.15, 0.2) is 0 Å². The standard InChI is InChI=1S/C17H25FN2/c1-2-14-7-8-17(16(18)13-14)20-11-9-19(10-12-20)15-5-3-4-6-15/h7-8,13,15H,2-6,9-12H2,1H3. The second-order valence-corrected chi connectivity index (χ2v) is 6.10. The van der Waals surface area contributed by atoms with Gasteiger partial charge >= 0.3 is 0 Å². The van der Waals surface area contributed by atoms with Gasteiger partial charge in [-0.1, -0.05) is 25.8 Å². The number of hydrogen-bond acceptors (Lipinski definition) is 2. The molecule has 0 atom stereocenters. The lowest BCUT2D eigenvalue weighted by atomic mass is 10.1. The van der Waals surface area contributed by atoms with E-state index in [0.29, 0.717) is 0 Å². The lowest BCUT2D eigenvalue weighted by Gasteiger charge is -2.39. The molecule has 2 aliphatic rings. The Morgan fingerprint density at radius 1 is 1.10 bits per heavy atom. The van der Waals surface area contributed by atoms with E-state index in [-0.39, 0.29) is 5.82 Å². The Labute approximate surface area is 121 Å². The minimum atomic E-state index is -0.0568. The molecule has 1 aliphatic heterocycles. The average Bonchev–Trinajstić information content (AvgIpc) is 3.01. The lowest BCUT2D eigenvalue weighted by molar-refractivity contribution is 0.187. The first-order chi connectivity index (χ1) is 9.78. The third-order valence-electron chi connectivity index (χ3n) is 4.92. The van der Waals surface area contributed by atoms with Crippen LogP contribution in [0, 0.1) is 5.82 Å². The van der Waals surface area contributed by atoms with Crippen LogP contribution in [0.25, 0.3) is 0 Å². The molecule has 1 saturated heterocycles. The number of nitrogens with zero attached hydrogens (tertiary/aromatic N) is 2. The predicted molar refractivity (Wildman–Crippen MR) is 81.8 cm³/mol. The Kier molecular flexibility index (Phi) is 4.25. The molecule has 1 heterocycles. The fourth-order valence-electron chi connectivity index (χ4n) is 3.62. The van der Waals surface area contributed by atoms with E-state index in [1.54, 1.807) is 6.07 Å². The highest BCUT2D eigenvalue weighted by Gasteiger charge is 2.26. The molecule has 1 aromatic carbocycles. The van der Waals surface area contributed by atoms with E-state index in [1.165, 1.54) is 25.7 Å². The maximum Gasteiger partial charge on any atom is 0.146 e. The Morgan fingerprint density at radius 3 is 2.40 bits per heavy atom. The molecule has 1 aliphatic carbocycles. The van der Waals surface area contributed by atoms with Crippen LogP contribution in [0.5, 0.6) is 0 Å². The van der Waals surface area contributed by atoms with E-state index in [9.17, 15) is 4.39 Å². The lowest BCUT2D eigenvalue weighted by Crippen LogP contribution is -2.50. The molecule has 2 fully saturated rings. The number of hydrogen-bond donors (Lipinski definition) is 0. The zero-order valence-electron chi connectivity index (χ0n) is 12.4. The smallest absolute Gasteiger partial charge is 0.146 e. The number of anilines is 1. The summed E-state index contributed by atoms with van der Waals surface area (Å²) in [7, 11) is 0. The Hall–Kier alpha value is -1.09. The van der Waals surface area contributed by atoms with Crippen LogP contribution in [0.3, 0.4) is 0 Å². The van der Waals surface area contributed by atoms with Gasteiger partial charge in [-0.3, -0.25) is 4.90 Å². The normalized spacial score (nSPS) is 21.6. The van der Waals surface area contributed by atoms with Gasteiger partial charge in [0.05, 0.1) is 5.69 Å². The molecule has 0 unspecified atom stereocenters. The molecule has 0 bridgehead atoms. The van der Waals surface area contributed by atoms with E-state index in [0.717, 1.165) is 49.9 Å². The van der Waals surface area contributed by atoms with E-state index in [1.807, 2.05) is 6.07 Å². The second-order valence-electron chi connectivity index (χ2n) is 6.10. The van der Waals surface area contributed by atoms with Crippen LogP contribution >= 0.6 is 0 Å². The zero-order valence-corrected chi connectivity index (χ0v) is 12.4. The summed E-state index contributed by atoms with van der Waals surface area (Å²) in [6, 6.07) is 6.50. The molecule has 0 N–H and O–H groups in total. The fraction of sp³-hybridized carbons (Fsp3) is 0.647. The topological polar surface area (TPSA) is 6.48 Å². The van der Waals surface area contributed by atoms with Gasteiger partial charge in [0.2, 0.25) is 0 Å². The molecule has 3 heteroatoms. The molecule has 1 saturated carbocycles. The van der Waals surface area contributed by atoms with Crippen molar-refractivity contribution in [3.05, 3.63) is 29.6 Å². The summed E-state index contributed by atoms with van der Waals surface area (Å²) >= 11 is 0. The molecule has 110 valence electrons. The minimum Gasteiger partial charge on any atom is -0.367 e. The van der Waals surface area contributed by atoms with Gasteiger partial charge < -0.3 is 4.90 Å². The van der Waals surface area contributed by atoms with Crippen molar-refractivity contribution in [1.29, 1.82) is 0 Å². The van der Waals surface area contributed by atoms with Crippen LogP contribution in [0.4, 0.5) is 10.1 Å². The Morgan fingerprint density at radius 2 is 1.80 bits per heavy atom. The van der Waals surface area contributed by atoms with Gasteiger partial charge in [-0.25, -0.2) is 4.39 Å². The van der Waals surface area contributed by atoms with Crippen molar-refractivity contribution in [2.24, 2.45) is 0 Å². The third-order valence-corrected chi connectivity index (χ3v) is 4.92. The summed E-state index contributed by atoms with van der Waals surface area (Å²) in [6.07, 6.45) is 6.39. The van der Waals surface area contributed by atoms with Crippen LogP contribution in [-0.2, 0) is 6.42 Å². The number of rotatable bonds is 3. The first-order valence-corrected chi connectivity index (χ1v) is 8.05. The summed E-state index contributed by atoms with van der Waals surface area (Å²) < 4.78 is 14.2. The van der Waals surface area contributed by atoms with Gasteiger partial charge in [-0.15, -0.1) is 0 Å². The van der Waals surface area contributed by atoms with Gasteiger partial charge in [-0.05, 0) is 37.0 Å². The monoisotopic (exact) mass is 276 g/mol. The van der Waals surface area contributed by atoms with Gasteiger partial charge in [0.1, 0.15) is 5.82 Å². The second kappa shape index (κ2) is 6.13. The van der Waals surface area contributed by atoms with Crippen molar-refractivity contribution in [2.75, 3.05) is 31.1 Å². The predicted octanol–water partition coefficient (Wildman–Crippen LogP) is 3.45. The zero-order chi connectivity index (χ0) is 13.9. The number of benzene rings is 1. The first-order valence-electron chi connectivity index (χ1n) is 8.05. The molecule has 0 amide bonds. The first kappa shape index (κ1) is 13.9. The van der Waals surface area contributed by atoms with Crippen LogP contribution in [-0.4, -0.2) is 37.1 Å². The van der Waals surface area contributed by atoms with Crippen molar-refractivity contribution < 1.29 is 4.39 Å². The van der Waals surface area contributed by atoms with Gasteiger partial charge in [0, 0.05) is 32.2 Å². The van der Waals surface area contributed by atoms with Crippen molar-refractivity contribution in [3.63, 3.8) is 0 Å². The average molecular weight is 276 g/mol. The van der Waals surface area contributed by atoms with Crippen LogP contribution < -0.4 is 4.90 Å². The van der Waals surface area contributed by atoms with Crippen molar-refractivity contribution >= 4 is 5.69 Å². The summed E-state index contributed by atoms with van der Waals surface area (Å²) in [5.74, 6) is -0.0568. The van der Waals surface area contributed by atoms with E-state index in [4.69, 9.17) is 0 Å². The largest absolute Gasteiger partial charge is 0.367 e. The molecule has 0 radical (unpaired) electrons. The highest BCUT2D eigenvalue weighted by atomic mass is 19.1. The molecular weight excluding hydrogens is 251 g/mol. The SMILES string of the molecule is CCc1ccc(N2CCN(C3CCCC3)CC2)c(F)c1. The fourth-order valence-corrected chi connectivity index (χ4v) is 3.62. The van der Waals surface area contributed by atoms with Crippen molar-refractivity contribution in [2.45, 2.75) is 45.1 Å². The summed E-state index contributed by atoms with van der Waals surface area (Å²) in [4.78, 5) is 4.82. The molecule has 3 rings (SSSR count). The summed E-state index contributed by atoms with van der Waals surface area (Å²) in [5.41, 5.74) is 1.86. The summed E-state index contributed by atoms with van der Waals surface area (Å²) in [6.45, 7) is 6.14. The number of piperazine rings is 1. The van der Waals surface area contributed by atoms with E-state index >= 15 is 0 Å². The van der Waals surface area contributed by atoms with E-state index in [2.05, 4.69) is 22.8 Å². The Bertz CT molecular complexity index is 446. The van der Waals surface area contributed by atoms with Crippen LogP contribution in [0.2, 0.25) is 0 Å².